The lowest BCUT2D eigenvalue weighted by molar-refractivity contribution is -0.385. The second-order valence-electron chi connectivity index (χ2n) is 5.00. The summed E-state index contributed by atoms with van der Waals surface area (Å²) < 4.78 is 67.7. The largest absolute Gasteiger partial charge is 0.393 e. The summed E-state index contributed by atoms with van der Waals surface area (Å²) in [7, 11) is -4.56. The van der Waals surface area contributed by atoms with Gasteiger partial charge < -0.3 is 4.18 Å². The number of hydrogen-bond acceptors (Lipinski definition) is 5. The Bertz CT molecular complexity index is 692. The van der Waals surface area contributed by atoms with Crippen molar-refractivity contribution in [2.24, 2.45) is 5.92 Å². The average Bonchev–Trinajstić information content (AvgIpc) is 2.46. The van der Waals surface area contributed by atoms with Gasteiger partial charge >= 0.3 is 22.2 Å². The molecule has 0 bridgehead atoms. The van der Waals surface area contributed by atoms with Gasteiger partial charge in [-0.1, -0.05) is 12.1 Å². The number of para-hydroxylation sites is 2. The highest BCUT2D eigenvalue weighted by molar-refractivity contribution is 7.84. The molecule has 128 valence electrons. The second-order valence-corrected chi connectivity index (χ2v) is 6.54. The number of piperidine rings is 1. The quantitative estimate of drug-likeness (QED) is 0.612. The van der Waals surface area contributed by atoms with Crippen LogP contribution in [0.1, 0.15) is 12.8 Å². The van der Waals surface area contributed by atoms with Gasteiger partial charge in [-0.05, 0) is 18.9 Å². The fraction of sp³-hybridized carbons (Fsp3) is 0.500. The summed E-state index contributed by atoms with van der Waals surface area (Å²) in [5.41, 5.74) is -0.583. The Morgan fingerprint density at radius 3 is 2.57 bits per heavy atom. The van der Waals surface area contributed by atoms with E-state index in [9.17, 15) is 31.7 Å². The zero-order valence-corrected chi connectivity index (χ0v) is 12.5. The van der Waals surface area contributed by atoms with Crippen LogP contribution in [0.5, 0.6) is 5.75 Å². The Balaban J connectivity index is 2.21. The van der Waals surface area contributed by atoms with Gasteiger partial charge in [0, 0.05) is 19.2 Å². The summed E-state index contributed by atoms with van der Waals surface area (Å²) >= 11 is 0. The molecule has 0 saturated carbocycles. The van der Waals surface area contributed by atoms with Gasteiger partial charge in [-0.2, -0.15) is 25.9 Å². The van der Waals surface area contributed by atoms with Crippen molar-refractivity contribution in [1.82, 2.24) is 4.31 Å². The molecule has 23 heavy (non-hydrogen) atoms. The van der Waals surface area contributed by atoms with E-state index in [0.717, 1.165) is 12.1 Å². The minimum atomic E-state index is -4.56. The first-order chi connectivity index (χ1) is 10.6. The zero-order valence-electron chi connectivity index (χ0n) is 11.7. The fourth-order valence-electron chi connectivity index (χ4n) is 2.26. The minimum Gasteiger partial charge on any atom is -0.363 e. The maximum Gasteiger partial charge on any atom is 0.393 e. The summed E-state index contributed by atoms with van der Waals surface area (Å²) in [6.45, 7) is -0.887. The number of hydrogen-bond donors (Lipinski definition) is 0. The highest BCUT2D eigenvalue weighted by atomic mass is 32.2. The molecule has 0 radical (unpaired) electrons. The Morgan fingerprint density at radius 1 is 1.30 bits per heavy atom. The Kier molecular flexibility index (Phi) is 4.80. The number of nitro benzene ring substituents is 1. The molecule has 1 heterocycles. The normalized spacial score (nSPS) is 20.2. The topological polar surface area (TPSA) is 89.7 Å². The van der Waals surface area contributed by atoms with Gasteiger partial charge in [0.2, 0.25) is 5.75 Å². The smallest absolute Gasteiger partial charge is 0.363 e. The van der Waals surface area contributed by atoms with Gasteiger partial charge in [-0.3, -0.25) is 10.1 Å². The Labute approximate surface area is 130 Å². The highest BCUT2D eigenvalue weighted by Crippen LogP contribution is 2.35. The average molecular weight is 354 g/mol. The molecule has 11 heteroatoms. The van der Waals surface area contributed by atoms with Crippen molar-refractivity contribution in [2.75, 3.05) is 13.1 Å². The lowest BCUT2D eigenvalue weighted by atomic mass is 9.99. The monoisotopic (exact) mass is 354 g/mol. The van der Waals surface area contributed by atoms with E-state index in [1.807, 2.05) is 0 Å². The molecular weight excluding hydrogens is 341 g/mol. The van der Waals surface area contributed by atoms with E-state index in [1.54, 1.807) is 0 Å². The van der Waals surface area contributed by atoms with E-state index >= 15 is 0 Å². The number of benzene rings is 1. The highest BCUT2D eigenvalue weighted by Gasteiger charge is 2.44. The third-order valence-corrected chi connectivity index (χ3v) is 4.77. The molecule has 1 saturated heterocycles. The Morgan fingerprint density at radius 2 is 1.96 bits per heavy atom. The van der Waals surface area contributed by atoms with Crippen molar-refractivity contribution in [3.05, 3.63) is 34.4 Å². The van der Waals surface area contributed by atoms with E-state index in [1.165, 1.54) is 12.1 Å². The van der Waals surface area contributed by atoms with Gasteiger partial charge in [0.1, 0.15) is 0 Å². The van der Waals surface area contributed by atoms with Gasteiger partial charge in [0.05, 0.1) is 10.8 Å². The maximum atomic E-state index is 12.7. The van der Waals surface area contributed by atoms with Crippen LogP contribution in [-0.4, -0.2) is 36.9 Å². The summed E-state index contributed by atoms with van der Waals surface area (Å²) in [6, 6.07) is 4.76. The SMILES string of the molecule is O=[N+]([O-])c1ccccc1OS(=O)(=O)N1CCC[C@@H](C(F)(F)F)C1. The van der Waals surface area contributed by atoms with E-state index < -0.39 is 45.3 Å². The maximum absolute atomic E-state index is 12.7. The molecule has 1 aromatic rings. The molecular formula is C12H13F3N2O5S. The van der Waals surface area contributed by atoms with Gasteiger partial charge in [0.15, 0.2) is 0 Å². The van der Waals surface area contributed by atoms with Gasteiger partial charge in [0.25, 0.3) is 0 Å². The van der Waals surface area contributed by atoms with Crippen LogP contribution in [0.2, 0.25) is 0 Å². The van der Waals surface area contributed by atoms with E-state index in [0.29, 0.717) is 4.31 Å². The summed E-state index contributed by atoms with van der Waals surface area (Å²) in [6.07, 6.45) is -4.64. The lowest BCUT2D eigenvalue weighted by Crippen LogP contribution is -2.46. The predicted molar refractivity (Wildman–Crippen MR) is 73.0 cm³/mol. The van der Waals surface area contributed by atoms with Crippen LogP contribution in [-0.2, 0) is 10.3 Å². The molecule has 0 unspecified atom stereocenters. The van der Waals surface area contributed by atoms with Crippen LogP contribution in [0.25, 0.3) is 0 Å². The van der Waals surface area contributed by atoms with Crippen LogP contribution in [0, 0.1) is 16.0 Å². The molecule has 1 aliphatic rings. The van der Waals surface area contributed by atoms with Crippen molar-refractivity contribution in [3.8, 4) is 5.75 Å². The van der Waals surface area contributed by atoms with Crippen molar-refractivity contribution < 1.29 is 30.7 Å². The molecule has 1 aromatic carbocycles. The van der Waals surface area contributed by atoms with Gasteiger partial charge in [-0.25, -0.2) is 0 Å². The number of rotatable bonds is 4. The number of alkyl halides is 3. The van der Waals surface area contributed by atoms with Crippen molar-refractivity contribution in [1.29, 1.82) is 0 Å². The predicted octanol–water partition coefficient (Wildman–Crippen LogP) is 2.49. The molecule has 0 amide bonds. The molecule has 1 atom stereocenters. The molecule has 7 nitrogen and oxygen atoms in total. The van der Waals surface area contributed by atoms with Crippen LogP contribution in [0.15, 0.2) is 24.3 Å². The lowest BCUT2D eigenvalue weighted by Gasteiger charge is -2.32. The van der Waals surface area contributed by atoms with E-state index in [2.05, 4.69) is 4.18 Å². The van der Waals surface area contributed by atoms with Crippen LogP contribution < -0.4 is 4.18 Å². The fourth-order valence-corrected chi connectivity index (χ4v) is 3.45. The summed E-state index contributed by atoms with van der Waals surface area (Å²) in [5.74, 6) is -2.31. The first kappa shape index (κ1) is 17.5. The standard InChI is InChI=1S/C12H13F3N2O5S/c13-12(14,15)9-4-3-7-16(8-9)23(20,21)22-11-6-2-1-5-10(11)17(18)19/h1-2,5-6,9H,3-4,7-8H2/t9-/m1/s1. The van der Waals surface area contributed by atoms with E-state index in [-0.39, 0.29) is 19.4 Å². The van der Waals surface area contributed by atoms with Crippen LogP contribution in [0.4, 0.5) is 18.9 Å². The zero-order chi connectivity index (χ0) is 17.3. The third-order valence-electron chi connectivity index (χ3n) is 3.42. The molecule has 0 spiro atoms. The first-order valence-electron chi connectivity index (χ1n) is 6.61. The van der Waals surface area contributed by atoms with Gasteiger partial charge in [-0.15, -0.1) is 0 Å². The van der Waals surface area contributed by atoms with Crippen LogP contribution in [0.3, 0.4) is 0 Å². The minimum absolute atomic E-state index is 0.0314. The van der Waals surface area contributed by atoms with E-state index in [4.69, 9.17) is 0 Å². The molecule has 2 rings (SSSR count). The summed E-state index contributed by atoms with van der Waals surface area (Å²) in [4.78, 5) is 10.0. The molecule has 1 fully saturated rings. The number of nitro groups is 1. The Hall–Kier alpha value is -1.88. The first-order valence-corrected chi connectivity index (χ1v) is 7.97. The molecule has 1 aliphatic heterocycles. The molecule has 0 aromatic heterocycles. The van der Waals surface area contributed by atoms with Crippen molar-refractivity contribution >= 4 is 16.0 Å². The third kappa shape index (κ3) is 4.10. The number of nitrogens with zero attached hydrogens (tertiary/aromatic N) is 2. The van der Waals surface area contributed by atoms with Crippen molar-refractivity contribution in [3.63, 3.8) is 0 Å². The van der Waals surface area contributed by atoms with Crippen LogP contribution >= 0.6 is 0 Å². The number of halogens is 3. The summed E-state index contributed by atoms with van der Waals surface area (Å²) in [5, 5.41) is 10.8. The molecule has 0 N–H and O–H groups in total. The second kappa shape index (κ2) is 6.32. The van der Waals surface area contributed by atoms with Crippen molar-refractivity contribution in [2.45, 2.75) is 19.0 Å². The molecule has 0 aliphatic carbocycles.